The molecular weight excluding hydrogens is 374 g/mol. The van der Waals surface area contributed by atoms with Crippen LogP contribution in [0.4, 0.5) is 0 Å². The number of benzene rings is 1. The van der Waals surface area contributed by atoms with Crippen molar-refractivity contribution in [2.75, 3.05) is 6.61 Å². The number of furan rings is 1. The molecule has 142 valence electrons. The van der Waals surface area contributed by atoms with Crippen LogP contribution in [-0.2, 0) is 14.3 Å². The quantitative estimate of drug-likeness (QED) is 0.274. The molecule has 0 bridgehead atoms. The van der Waals surface area contributed by atoms with Gasteiger partial charge in [0, 0.05) is 11.1 Å². The van der Waals surface area contributed by atoms with Gasteiger partial charge in [-0.15, -0.1) is 4.91 Å². The van der Waals surface area contributed by atoms with Gasteiger partial charge in [-0.1, -0.05) is 29.4 Å². The van der Waals surface area contributed by atoms with Crippen molar-refractivity contribution in [3.8, 4) is 0 Å². The number of hydrogen-bond donors (Lipinski definition) is 1. The third kappa shape index (κ3) is 3.34. The lowest BCUT2D eigenvalue weighted by Crippen LogP contribution is -2.25. The van der Waals surface area contributed by atoms with Crippen LogP contribution >= 0.6 is 0 Å². The number of Topliss-reactive ketones (excluding diaryl/α,β-unsaturated/α-hetero) is 1. The van der Waals surface area contributed by atoms with Crippen LogP contribution < -0.4 is 0 Å². The Bertz CT molecular complexity index is 981. The number of hydrogen-bond acceptors (Lipinski definition) is 9. The molecule has 1 atom stereocenters. The molecule has 1 N–H and O–H groups in total. The van der Waals surface area contributed by atoms with Crippen LogP contribution in [-0.4, -0.2) is 47.0 Å². The maximum Gasteiger partial charge on any atom is 0.335 e. The fourth-order valence-corrected chi connectivity index (χ4v) is 2.60. The van der Waals surface area contributed by atoms with Crippen molar-refractivity contribution in [2.24, 2.45) is 5.18 Å². The van der Waals surface area contributed by atoms with Gasteiger partial charge in [-0.2, -0.15) is 0 Å². The number of carboxylic acids is 1. The molecule has 0 saturated heterocycles. The van der Waals surface area contributed by atoms with Gasteiger partial charge in [0.1, 0.15) is 13.0 Å². The Hall–Kier alpha value is -3.95. The minimum atomic E-state index is -1.79. The number of carbonyl (C=O) groups excluding carboxylic acids is 4. The molecule has 1 aliphatic carbocycles. The van der Waals surface area contributed by atoms with Gasteiger partial charge in [-0.25, -0.2) is 4.79 Å². The minimum absolute atomic E-state index is 0.0866. The van der Waals surface area contributed by atoms with E-state index in [2.05, 4.69) is 9.91 Å². The van der Waals surface area contributed by atoms with E-state index >= 15 is 0 Å². The Labute approximate surface area is 156 Å². The molecule has 28 heavy (non-hydrogen) atoms. The molecule has 1 aliphatic rings. The van der Waals surface area contributed by atoms with E-state index in [1.54, 1.807) is 12.1 Å². The van der Waals surface area contributed by atoms with Crippen LogP contribution in [0.3, 0.4) is 0 Å². The molecule has 0 saturated carbocycles. The van der Waals surface area contributed by atoms with Crippen molar-refractivity contribution in [3.05, 3.63) is 63.4 Å². The number of aliphatic carboxylic acids is 1. The molecule has 1 unspecified atom stereocenters. The number of nitrogens with zero attached hydrogens (tertiary/aromatic N) is 1. The zero-order valence-electron chi connectivity index (χ0n) is 14.0. The van der Waals surface area contributed by atoms with Gasteiger partial charge in [0.2, 0.25) is 17.6 Å². The third-order valence-electron chi connectivity index (χ3n) is 3.99. The first-order chi connectivity index (χ1) is 13.3. The molecule has 0 amide bonds. The molecule has 10 heteroatoms. The maximum atomic E-state index is 12.5. The summed E-state index contributed by atoms with van der Waals surface area (Å²) in [5, 5.41) is 10.9. The first kappa shape index (κ1) is 18.8. The van der Waals surface area contributed by atoms with Crippen LogP contribution in [0.25, 0.3) is 0 Å². The molecule has 3 rings (SSSR count). The second-order valence-electron chi connectivity index (χ2n) is 5.80. The summed E-state index contributed by atoms with van der Waals surface area (Å²) in [6.45, 7) is -0.827. The number of ether oxygens (including phenoxy) is 1. The standard InChI is InChI=1S/C18H11NO9/c20-12(6-14(21)27-7-11(19-26)18(24)25)13-5-10-15(22)8-3-1-2-4-9(8)16(23)17(10)28-13/h1-5,11H,6-7H2,(H,24,25). The van der Waals surface area contributed by atoms with E-state index in [4.69, 9.17) is 9.52 Å². The first-order valence-corrected chi connectivity index (χ1v) is 7.89. The number of ketones is 3. The molecule has 0 fully saturated rings. The third-order valence-corrected chi connectivity index (χ3v) is 3.99. The van der Waals surface area contributed by atoms with Crippen LogP contribution in [0.2, 0.25) is 0 Å². The van der Waals surface area contributed by atoms with Crippen molar-refractivity contribution in [1.29, 1.82) is 0 Å². The molecule has 0 spiro atoms. The SMILES string of the molecule is O=NC(COC(=O)CC(=O)c1cc2c(o1)C(=O)c1ccccc1C2=O)C(=O)O. The van der Waals surface area contributed by atoms with E-state index < -0.39 is 48.4 Å². The number of carbonyl (C=O) groups is 5. The molecule has 1 aromatic carbocycles. The fourth-order valence-electron chi connectivity index (χ4n) is 2.60. The average Bonchev–Trinajstić information content (AvgIpc) is 3.12. The number of carboxylic acid groups (broad SMARTS) is 1. The lowest BCUT2D eigenvalue weighted by molar-refractivity contribution is -0.147. The number of fused-ring (bicyclic) bond motifs is 2. The Balaban J connectivity index is 1.74. The van der Waals surface area contributed by atoms with Crippen LogP contribution in [0.5, 0.6) is 0 Å². The van der Waals surface area contributed by atoms with Gasteiger partial charge in [0.25, 0.3) is 0 Å². The largest absolute Gasteiger partial charge is 0.479 e. The van der Waals surface area contributed by atoms with Crippen molar-refractivity contribution < 1.29 is 38.2 Å². The Morgan fingerprint density at radius 2 is 1.71 bits per heavy atom. The Morgan fingerprint density at radius 1 is 1.07 bits per heavy atom. The molecule has 0 radical (unpaired) electrons. The summed E-state index contributed by atoms with van der Waals surface area (Å²) in [5.74, 6) is -5.31. The number of nitroso groups, excluding NO2 is 1. The predicted molar refractivity (Wildman–Crippen MR) is 89.1 cm³/mol. The van der Waals surface area contributed by atoms with Gasteiger partial charge in [0.05, 0.1) is 5.56 Å². The van der Waals surface area contributed by atoms with Crippen LogP contribution in [0, 0.1) is 4.91 Å². The van der Waals surface area contributed by atoms with Crippen molar-refractivity contribution in [1.82, 2.24) is 0 Å². The van der Waals surface area contributed by atoms with Gasteiger partial charge >= 0.3 is 11.9 Å². The van der Waals surface area contributed by atoms with E-state index in [1.807, 2.05) is 0 Å². The smallest absolute Gasteiger partial charge is 0.335 e. The van der Waals surface area contributed by atoms with Crippen molar-refractivity contribution in [2.45, 2.75) is 12.5 Å². The summed E-state index contributed by atoms with van der Waals surface area (Å²) in [6, 6.07) is 5.40. The van der Waals surface area contributed by atoms with Gasteiger partial charge in [-0.05, 0) is 6.07 Å². The van der Waals surface area contributed by atoms with E-state index in [-0.39, 0.29) is 28.2 Å². The Morgan fingerprint density at radius 3 is 2.32 bits per heavy atom. The zero-order chi connectivity index (χ0) is 20.4. The zero-order valence-corrected chi connectivity index (χ0v) is 14.0. The topological polar surface area (TPSA) is 157 Å². The summed E-state index contributed by atoms with van der Waals surface area (Å²) in [5.41, 5.74) is 0.241. The second kappa shape index (κ2) is 7.35. The van der Waals surface area contributed by atoms with E-state index in [1.165, 1.54) is 12.1 Å². The van der Waals surface area contributed by atoms with E-state index in [9.17, 15) is 28.9 Å². The minimum Gasteiger partial charge on any atom is -0.479 e. The van der Waals surface area contributed by atoms with Gasteiger partial charge in [0.15, 0.2) is 17.3 Å². The summed E-state index contributed by atoms with van der Waals surface area (Å²) in [4.78, 5) is 69.7. The van der Waals surface area contributed by atoms with Gasteiger partial charge < -0.3 is 14.3 Å². The Kier molecular flexibility index (Phi) is 4.94. The second-order valence-corrected chi connectivity index (χ2v) is 5.80. The fraction of sp³-hybridized carbons (Fsp3) is 0.167. The molecule has 1 aromatic heterocycles. The normalized spacial score (nSPS) is 13.3. The molecule has 10 nitrogen and oxygen atoms in total. The van der Waals surface area contributed by atoms with E-state index in [0.29, 0.717) is 0 Å². The van der Waals surface area contributed by atoms with Gasteiger partial charge in [-0.3, -0.25) is 19.2 Å². The highest BCUT2D eigenvalue weighted by Gasteiger charge is 2.34. The molecule has 2 aromatic rings. The van der Waals surface area contributed by atoms with E-state index in [0.717, 1.165) is 6.07 Å². The molecule has 0 aliphatic heterocycles. The van der Waals surface area contributed by atoms with Crippen molar-refractivity contribution in [3.63, 3.8) is 0 Å². The van der Waals surface area contributed by atoms with Crippen LogP contribution in [0.1, 0.15) is 49.0 Å². The summed E-state index contributed by atoms with van der Waals surface area (Å²) in [6.07, 6.45) is -0.840. The summed E-state index contributed by atoms with van der Waals surface area (Å²) < 4.78 is 9.74. The first-order valence-electron chi connectivity index (χ1n) is 7.89. The highest BCUT2D eigenvalue weighted by molar-refractivity contribution is 6.28. The summed E-state index contributed by atoms with van der Waals surface area (Å²) in [7, 11) is 0. The monoisotopic (exact) mass is 385 g/mol. The molecule has 1 heterocycles. The number of esters is 1. The summed E-state index contributed by atoms with van der Waals surface area (Å²) >= 11 is 0. The lowest BCUT2D eigenvalue weighted by atomic mass is 9.88. The predicted octanol–water partition coefficient (Wildman–Crippen LogP) is 1.39. The lowest BCUT2D eigenvalue weighted by Gasteiger charge is -2.11. The average molecular weight is 385 g/mol. The van der Waals surface area contributed by atoms with Crippen molar-refractivity contribution >= 4 is 29.3 Å². The van der Waals surface area contributed by atoms with Crippen LogP contribution in [0.15, 0.2) is 39.9 Å². The highest BCUT2D eigenvalue weighted by atomic mass is 16.5. The highest BCUT2D eigenvalue weighted by Crippen LogP contribution is 2.30. The molecular formula is C18H11NO9. The maximum absolute atomic E-state index is 12.5. The number of rotatable bonds is 7.